The van der Waals surface area contributed by atoms with E-state index in [0.29, 0.717) is 22.9 Å². The zero-order valence-corrected chi connectivity index (χ0v) is 12.1. The van der Waals surface area contributed by atoms with Gasteiger partial charge >= 0.3 is 0 Å². The topological polar surface area (TPSA) is 57.2 Å². The van der Waals surface area contributed by atoms with Gasteiger partial charge in [0.25, 0.3) is 0 Å². The van der Waals surface area contributed by atoms with Crippen LogP contribution < -0.4 is 4.90 Å². The van der Waals surface area contributed by atoms with Crippen molar-refractivity contribution in [2.75, 3.05) is 11.9 Å². The zero-order chi connectivity index (χ0) is 14.8. The van der Waals surface area contributed by atoms with E-state index in [1.165, 1.54) is 11.8 Å². The maximum atomic E-state index is 9.08. The van der Waals surface area contributed by atoms with Gasteiger partial charge < -0.3 is 4.90 Å². The summed E-state index contributed by atoms with van der Waals surface area (Å²) in [5, 5.41) is 13.6. The molecule has 21 heavy (non-hydrogen) atoms. The smallest absolute Gasteiger partial charge is 0.176 e. The van der Waals surface area contributed by atoms with Crippen molar-refractivity contribution >= 4 is 23.1 Å². The average Bonchev–Trinajstić information content (AvgIpc) is 2.90. The molecule has 104 valence electrons. The average molecular weight is 298 g/mol. The predicted octanol–water partition coefficient (Wildman–Crippen LogP) is 2.89. The molecular formula is C15H12ClN5. The van der Waals surface area contributed by atoms with E-state index in [2.05, 4.69) is 28.3 Å². The Morgan fingerprint density at radius 1 is 1.33 bits per heavy atom. The van der Waals surface area contributed by atoms with Gasteiger partial charge in [0.05, 0.1) is 6.20 Å². The number of nitriles is 1. The Balaban J connectivity index is 2.04. The Hall–Kier alpha value is -2.58. The Morgan fingerprint density at radius 2 is 2.10 bits per heavy atom. The number of anilines is 1. The van der Waals surface area contributed by atoms with Crippen LogP contribution in [-0.4, -0.2) is 21.6 Å². The number of rotatable bonds is 3. The summed E-state index contributed by atoms with van der Waals surface area (Å²) in [4.78, 5) is 6.19. The molecule has 2 heterocycles. The van der Waals surface area contributed by atoms with Gasteiger partial charge in [-0.2, -0.15) is 14.9 Å². The summed E-state index contributed by atoms with van der Waals surface area (Å²) in [5.41, 5.74) is 2.06. The SMILES string of the molecule is CN(Cc1ccccc1)c1cc(Cl)nc2c(C#N)cnn12. The summed E-state index contributed by atoms with van der Waals surface area (Å²) < 4.78 is 1.63. The lowest BCUT2D eigenvalue weighted by Crippen LogP contribution is -2.20. The van der Waals surface area contributed by atoms with E-state index in [0.717, 1.165) is 5.82 Å². The number of nitrogens with zero attached hydrogens (tertiary/aromatic N) is 5. The molecular weight excluding hydrogens is 286 g/mol. The molecule has 0 amide bonds. The van der Waals surface area contributed by atoms with Gasteiger partial charge in [-0.1, -0.05) is 41.9 Å². The Morgan fingerprint density at radius 3 is 2.81 bits per heavy atom. The van der Waals surface area contributed by atoms with Crippen molar-refractivity contribution in [1.82, 2.24) is 14.6 Å². The second-order valence-electron chi connectivity index (χ2n) is 4.68. The monoisotopic (exact) mass is 297 g/mol. The molecule has 3 aromatic rings. The summed E-state index contributed by atoms with van der Waals surface area (Å²) >= 11 is 6.07. The van der Waals surface area contributed by atoms with Gasteiger partial charge in [0.2, 0.25) is 0 Å². The van der Waals surface area contributed by atoms with Gasteiger partial charge in [-0.15, -0.1) is 0 Å². The minimum atomic E-state index is 0.342. The minimum Gasteiger partial charge on any atom is -0.355 e. The van der Waals surface area contributed by atoms with Crippen LogP contribution in [0.3, 0.4) is 0 Å². The van der Waals surface area contributed by atoms with Crippen molar-refractivity contribution in [3.63, 3.8) is 0 Å². The molecule has 2 aromatic heterocycles. The summed E-state index contributed by atoms with van der Waals surface area (Å²) in [6.07, 6.45) is 1.50. The van der Waals surface area contributed by atoms with Crippen LogP contribution >= 0.6 is 11.6 Å². The van der Waals surface area contributed by atoms with Crippen molar-refractivity contribution in [3.05, 3.63) is 58.9 Å². The van der Waals surface area contributed by atoms with Crippen LogP contribution in [-0.2, 0) is 6.54 Å². The lowest BCUT2D eigenvalue weighted by atomic mass is 10.2. The standard InChI is InChI=1S/C15H12ClN5/c1-20(10-11-5-3-2-4-6-11)14-7-13(16)19-15-12(8-17)9-18-21(14)15/h2-7,9H,10H2,1H3. The fourth-order valence-corrected chi connectivity index (χ4v) is 2.39. The molecule has 0 aliphatic heterocycles. The number of fused-ring (bicyclic) bond motifs is 1. The molecule has 0 aliphatic carbocycles. The Bertz CT molecular complexity index is 819. The van der Waals surface area contributed by atoms with Gasteiger partial charge in [-0.25, -0.2) is 4.98 Å². The quantitative estimate of drug-likeness (QED) is 0.698. The highest BCUT2D eigenvalue weighted by Crippen LogP contribution is 2.22. The van der Waals surface area contributed by atoms with E-state index in [1.807, 2.05) is 30.1 Å². The third-order valence-corrected chi connectivity index (χ3v) is 3.39. The third kappa shape index (κ3) is 2.54. The zero-order valence-electron chi connectivity index (χ0n) is 11.4. The molecule has 0 fully saturated rings. The fraction of sp³-hybridized carbons (Fsp3) is 0.133. The van der Waals surface area contributed by atoms with Crippen molar-refractivity contribution in [2.45, 2.75) is 6.54 Å². The van der Waals surface area contributed by atoms with Gasteiger partial charge in [0, 0.05) is 19.7 Å². The van der Waals surface area contributed by atoms with Gasteiger partial charge in [-0.05, 0) is 5.56 Å². The molecule has 0 saturated carbocycles. The summed E-state index contributed by atoms with van der Waals surface area (Å²) in [6.45, 7) is 0.706. The lowest BCUT2D eigenvalue weighted by molar-refractivity contribution is 0.832. The van der Waals surface area contributed by atoms with Crippen LogP contribution in [0.4, 0.5) is 5.82 Å². The first kappa shape index (κ1) is 13.4. The van der Waals surface area contributed by atoms with E-state index in [4.69, 9.17) is 16.9 Å². The van der Waals surface area contributed by atoms with Crippen LogP contribution in [0.2, 0.25) is 5.15 Å². The third-order valence-electron chi connectivity index (χ3n) is 3.20. The van der Waals surface area contributed by atoms with Crippen molar-refractivity contribution in [2.24, 2.45) is 0 Å². The van der Waals surface area contributed by atoms with Crippen LogP contribution in [0.5, 0.6) is 0 Å². The molecule has 0 saturated heterocycles. The highest BCUT2D eigenvalue weighted by atomic mass is 35.5. The predicted molar refractivity (Wildman–Crippen MR) is 81.3 cm³/mol. The molecule has 5 nitrogen and oxygen atoms in total. The number of hydrogen-bond acceptors (Lipinski definition) is 4. The molecule has 3 rings (SSSR count). The first-order valence-corrected chi connectivity index (χ1v) is 6.76. The van der Waals surface area contributed by atoms with E-state index in [1.54, 1.807) is 10.6 Å². The number of aromatic nitrogens is 3. The van der Waals surface area contributed by atoms with Gasteiger partial charge in [-0.3, -0.25) is 0 Å². The normalized spacial score (nSPS) is 10.5. The van der Waals surface area contributed by atoms with Crippen LogP contribution in [0.1, 0.15) is 11.1 Å². The molecule has 0 bridgehead atoms. The fourth-order valence-electron chi connectivity index (χ4n) is 2.21. The van der Waals surface area contributed by atoms with Crippen molar-refractivity contribution in [1.29, 1.82) is 5.26 Å². The summed E-state index contributed by atoms with van der Waals surface area (Å²) in [5.74, 6) is 0.787. The number of hydrogen-bond donors (Lipinski definition) is 0. The van der Waals surface area contributed by atoms with Crippen molar-refractivity contribution in [3.8, 4) is 6.07 Å². The largest absolute Gasteiger partial charge is 0.355 e. The molecule has 0 atom stereocenters. The molecule has 0 aliphatic rings. The number of halogens is 1. The molecule has 6 heteroatoms. The molecule has 0 radical (unpaired) electrons. The first-order valence-electron chi connectivity index (χ1n) is 6.38. The van der Waals surface area contributed by atoms with Gasteiger partial charge in [0.1, 0.15) is 22.6 Å². The molecule has 1 aromatic carbocycles. The lowest BCUT2D eigenvalue weighted by Gasteiger charge is -2.20. The highest BCUT2D eigenvalue weighted by Gasteiger charge is 2.13. The van der Waals surface area contributed by atoms with Gasteiger partial charge in [0.15, 0.2) is 5.65 Å². The van der Waals surface area contributed by atoms with Crippen molar-refractivity contribution < 1.29 is 0 Å². The first-order chi connectivity index (χ1) is 10.2. The van der Waals surface area contributed by atoms with E-state index >= 15 is 0 Å². The highest BCUT2D eigenvalue weighted by molar-refractivity contribution is 6.29. The van der Waals surface area contributed by atoms with Crippen LogP contribution in [0.25, 0.3) is 5.65 Å². The summed E-state index contributed by atoms with van der Waals surface area (Å²) in [6, 6.07) is 13.9. The number of benzene rings is 1. The molecule has 0 unspecified atom stereocenters. The van der Waals surface area contributed by atoms with E-state index in [9.17, 15) is 0 Å². The maximum absolute atomic E-state index is 9.08. The van der Waals surface area contributed by atoms with Crippen LogP contribution in [0, 0.1) is 11.3 Å². The molecule has 0 N–H and O–H groups in total. The maximum Gasteiger partial charge on any atom is 0.176 e. The Kier molecular flexibility index (Phi) is 3.46. The second-order valence-corrected chi connectivity index (χ2v) is 5.07. The summed E-state index contributed by atoms with van der Waals surface area (Å²) in [7, 11) is 1.95. The van der Waals surface area contributed by atoms with Crippen LogP contribution in [0.15, 0.2) is 42.6 Å². The minimum absolute atomic E-state index is 0.342. The van der Waals surface area contributed by atoms with E-state index in [-0.39, 0.29) is 0 Å². The second kappa shape index (κ2) is 5.43. The van der Waals surface area contributed by atoms with E-state index < -0.39 is 0 Å². The Labute approximate surface area is 127 Å². The molecule has 0 spiro atoms.